The van der Waals surface area contributed by atoms with Crippen LogP contribution in [-0.4, -0.2) is 9.55 Å². The van der Waals surface area contributed by atoms with E-state index in [4.69, 9.17) is 0 Å². The standard InChI is InChI=1S/C15H12N2OS/c1-17-9-7-12(14-16-8-10-19-14)13(15(17)18)11-5-3-2-4-6-11/h2-10H,1H3. The number of aromatic nitrogens is 2. The van der Waals surface area contributed by atoms with Gasteiger partial charge in [-0.15, -0.1) is 11.3 Å². The molecule has 0 unspecified atom stereocenters. The van der Waals surface area contributed by atoms with Gasteiger partial charge in [0.15, 0.2) is 0 Å². The Balaban J connectivity index is 2.33. The van der Waals surface area contributed by atoms with E-state index in [1.165, 1.54) is 0 Å². The van der Waals surface area contributed by atoms with Crippen molar-refractivity contribution in [2.75, 3.05) is 0 Å². The number of thiazole rings is 1. The predicted octanol–water partition coefficient (Wildman–Crippen LogP) is 3.18. The number of aryl methyl sites for hydroxylation is 1. The summed E-state index contributed by atoms with van der Waals surface area (Å²) in [5.74, 6) is 0. The van der Waals surface area contributed by atoms with Crippen LogP contribution in [0.2, 0.25) is 0 Å². The van der Waals surface area contributed by atoms with Crippen LogP contribution in [0, 0.1) is 0 Å². The van der Waals surface area contributed by atoms with Crippen LogP contribution >= 0.6 is 11.3 Å². The molecule has 0 aliphatic rings. The van der Waals surface area contributed by atoms with E-state index in [0.29, 0.717) is 5.56 Å². The molecule has 3 nitrogen and oxygen atoms in total. The van der Waals surface area contributed by atoms with Crippen molar-refractivity contribution < 1.29 is 0 Å². The fourth-order valence-corrected chi connectivity index (χ4v) is 2.72. The van der Waals surface area contributed by atoms with Crippen LogP contribution in [0.5, 0.6) is 0 Å². The first kappa shape index (κ1) is 11.9. The highest BCUT2D eigenvalue weighted by Gasteiger charge is 2.14. The maximum atomic E-state index is 12.4. The number of pyridine rings is 1. The van der Waals surface area contributed by atoms with Gasteiger partial charge in [-0.25, -0.2) is 4.98 Å². The Morgan fingerprint density at radius 1 is 1.16 bits per heavy atom. The van der Waals surface area contributed by atoms with E-state index < -0.39 is 0 Å². The van der Waals surface area contributed by atoms with Crippen LogP contribution in [0.25, 0.3) is 21.7 Å². The number of hydrogen-bond acceptors (Lipinski definition) is 3. The van der Waals surface area contributed by atoms with Crippen LogP contribution in [0.3, 0.4) is 0 Å². The van der Waals surface area contributed by atoms with E-state index in [1.54, 1.807) is 35.3 Å². The monoisotopic (exact) mass is 268 g/mol. The summed E-state index contributed by atoms with van der Waals surface area (Å²) in [6.07, 6.45) is 3.54. The highest BCUT2D eigenvalue weighted by molar-refractivity contribution is 7.13. The molecule has 0 aliphatic heterocycles. The first-order chi connectivity index (χ1) is 9.27. The van der Waals surface area contributed by atoms with Crippen LogP contribution in [0.15, 0.2) is 59.0 Å². The molecule has 0 saturated heterocycles. The van der Waals surface area contributed by atoms with E-state index in [9.17, 15) is 4.79 Å². The Hall–Kier alpha value is -2.20. The molecule has 0 atom stereocenters. The third-order valence-electron chi connectivity index (χ3n) is 2.99. The van der Waals surface area contributed by atoms with Crippen molar-refractivity contribution in [1.82, 2.24) is 9.55 Å². The second-order valence-electron chi connectivity index (χ2n) is 4.22. The third kappa shape index (κ3) is 2.11. The van der Waals surface area contributed by atoms with Crippen molar-refractivity contribution in [3.05, 3.63) is 64.5 Å². The minimum absolute atomic E-state index is 0.00102. The van der Waals surface area contributed by atoms with Gasteiger partial charge in [-0.05, 0) is 11.6 Å². The van der Waals surface area contributed by atoms with E-state index in [1.807, 2.05) is 41.8 Å². The van der Waals surface area contributed by atoms with Crippen LogP contribution in [0.1, 0.15) is 0 Å². The molecular weight excluding hydrogens is 256 g/mol. The van der Waals surface area contributed by atoms with Crippen molar-refractivity contribution >= 4 is 11.3 Å². The first-order valence-electron chi connectivity index (χ1n) is 5.92. The van der Waals surface area contributed by atoms with Gasteiger partial charge in [-0.3, -0.25) is 4.79 Å². The lowest BCUT2D eigenvalue weighted by Crippen LogP contribution is -2.18. The van der Waals surface area contributed by atoms with Crippen LogP contribution in [-0.2, 0) is 7.05 Å². The summed E-state index contributed by atoms with van der Waals surface area (Å²) in [5, 5.41) is 2.79. The second-order valence-corrected chi connectivity index (χ2v) is 5.12. The minimum Gasteiger partial charge on any atom is -0.318 e. The summed E-state index contributed by atoms with van der Waals surface area (Å²) < 4.78 is 1.60. The van der Waals surface area contributed by atoms with Crippen LogP contribution < -0.4 is 5.56 Å². The zero-order chi connectivity index (χ0) is 13.2. The Morgan fingerprint density at radius 3 is 2.63 bits per heavy atom. The molecule has 0 N–H and O–H groups in total. The summed E-state index contributed by atoms with van der Waals surface area (Å²) in [6, 6.07) is 11.7. The van der Waals surface area contributed by atoms with Crippen molar-refractivity contribution in [2.24, 2.45) is 7.05 Å². The quantitative estimate of drug-likeness (QED) is 0.715. The second kappa shape index (κ2) is 4.82. The molecule has 1 aromatic carbocycles. The van der Waals surface area contributed by atoms with Gasteiger partial charge in [-0.1, -0.05) is 30.3 Å². The molecule has 19 heavy (non-hydrogen) atoms. The largest absolute Gasteiger partial charge is 0.318 e. The SMILES string of the molecule is Cn1ccc(-c2nccs2)c(-c2ccccc2)c1=O. The van der Waals surface area contributed by atoms with Gasteiger partial charge in [-0.2, -0.15) is 0 Å². The summed E-state index contributed by atoms with van der Waals surface area (Å²) in [6.45, 7) is 0. The Bertz CT molecular complexity index is 746. The summed E-state index contributed by atoms with van der Waals surface area (Å²) in [4.78, 5) is 16.7. The number of benzene rings is 1. The van der Waals surface area contributed by atoms with E-state index >= 15 is 0 Å². The lowest BCUT2D eigenvalue weighted by Gasteiger charge is -2.09. The van der Waals surface area contributed by atoms with Crippen molar-refractivity contribution in [1.29, 1.82) is 0 Å². The highest BCUT2D eigenvalue weighted by atomic mass is 32.1. The lowest BCUT2D eigenvalue weighted by molar-refractivity contribution is 0.864. The van der Waals surface area contributed by atoms with Crippen molar-refractivity contribution in [3.8, 4) is 21.7 Å². The molecule has 0 amide bonds. The molecule has 0 saturated carbocycles. The molecule has 3 rings (SSSR count). The van der Waals surface area contributed by atoms with Gasteiger partial charge in [0.05, 0.1) is 5.56 Å². The number of nitrogens with zero attached hydrogens (tertiary/aromatic N) is 2. The van der Waals surface area contributed by atoms with E-state index in [-0.39, 0.29) is 5.56 Å². The fourth-order valence-electron chi connectivity index (χ4n) is 2.05. The molecule has 2 heterocycles. The number of hydrogen-bond donors (Lipinski definition) is 0. The smallest absolute Gasteiger partial charge is 0.258 e. The van der Waals surface area contributed by atoms with Crippen LogP contribution in [0.4, 0.5) is 0 Å². The molecule has 0 bridgehead atoms. The molecule has 3 aromatic rings. The maximum absolute atomic E-state index is 12.4. The third-order valence-corrected chi connectivity index (χ3v) is 3.80. The van der Waals surface area contributed by atoms with Gasteiger partial charge in [0.25, 0.3) is 5.56 Å². The zero-order valence-electron chi connectivity index (χ0n) is 10.4. The molecule has 94 valence electrons. The average molecular weight is 268 g/mol. The van der Waals surface area contributed by atoms with E-state index in [2.05, 4.69) is 4.98 Å². The summed E-state index contributed by atoms with van der Waals surface area (Å²) >= 11 is 1.54. The highest BCUT2D eigenvalue weighted by Crippen LogP contribution is 2.30. The van der Waals surface area contributed by atoms with Gasteiger partial charge in [0.1, 0.15) is 5.01 Å². The molecule has 4 heteroatoms. The maximum Gasteiger partial charge on any atom is 0.258 e. The fraction of sp³-hybridized carbons (Fsp3) is 0.0667. The van der Waals surface area contributed by atoms with Crippen molar-refractivity contribution in [3.63, 3.8) is 0 Å². The summed E-state index contributed by atoms with van der Waals surface area (Å²) in [7, 11) is 1.76. The Labute approximate surface area is 114 Å². The molecular formula is C15H12N2OS. The normalized spacial score (nSPS) is 10.6. The lowest BCUT2D eigenvalue weighted by atomic mass is 10.0. The molecule has 0 spiro atoms. The average Bonchev–Trinajstić information content (AvgIpc) is 2.96. The van der Waals surface area contributed by atoms with E-state index in [0.717, 1.165) is 16.1 Å². The Kier molecular flexibility index (Phi) is 3.01. The predicted molar refractivity (Wildman–Crippen MR) is 78.2 cm³/mol. The number of rotatable bonds is 2. The first-order valence-corrected chi connectivity index (χ1v) is 6.80. The molecule has 0 fully saturated rings. The van der Waals surface area contributed by atoms with Gasteiger partial charge >= 0.3 is 0 Å². The molecule has 0 radical (unpaired) electrons. The molecule has 0 aliphatic carbocycles. The van der Waals surface area contributed by atoms with Gasteiger partial charge in [0, 0.05) is 30.4 Å². The van der Waals surface area contributed by atoms with Crippen molar-refractivity contribution in [2.45, 2.75) is 0 Å². The zero-order valence-corrected chi connectivity index (χ0v) is 11.2. The van der Waals surface area contributed by atoms with Gasteiger partial charge in [0.2, 0.25) is 0 Å². The minimum atomic E-state index is -0.00102. The Morgan fingerprint density at radius 2 is 1.95 bits per heavy atom. The van der Waals surface area contributed by atoms with Gasteiger partial charge < -0.3 is 4.57 Å². The summed E-state index contributed by atoms with van der Waals surface area (Å²) in [5.41, 5.74) is 2.53. The topological polar surface area (TPSA) is 34.9 Å². The molecule has 2 aromatic heterocycles.